The average molecular weight is 363 g/mol. The predicted molar refractivity (Wildman–Crippen MR) is 100 cm³/mol. The van der Waals surface area contributed by atoms with Gasteiger partial charge in [0.2, 0.25) is 0 Å². The zero-order chi connectivity index (χ0) is 17.0. The van der Waals surface area contributed by atoms with Crippen LogP contribution in [0.25, 0.3) is 0 Å². The number of hydrogen-bond donors (Lipinski definition) is 2. The molecule has 0 bridgehead atoms. The zero-order valence-corrected chi connectivity index (χ0v) is 15.4. The van der Waals surface area contributed by atoms with Gasteiger partial charge in [0.1, 0.15) is 5.78 Å². The van der Waals surface area contributed by atoms with E-state index in [9.17, 15) is 4.79 Å². The van der Waals surface area contributed by atoms with E-state index in [1.165, 1.54) is 10.4 Å². The number of benzene rings is 1. The molecule has 24 heavy (non-hydrogen) atoms. The molecule has 1 saturated heterocycles. The quantitative estimate of drug-likeness (QED) is 0.729. The second kappa shape index (κ2) is 7.79. The third-order valence-electron chi connectivity index (χ3n) is 4.61. The van der Waals surface area contributed by atoms with Crippen LogP contribution in [0.15, 0.2) is 41.8 Å². The maximum atomic E-state index is 12.5. The van der Waals surface area contributed by atoms with Gasteiger partial charge in [-0.15, -0.1) is 11.3 Å². The topological polar surface area (TPSA) is 41.1 Å². The number of ketones is 1. The summed E-state index contributed by atoms with van der Waals surface area (Å²) in [4.78, 5) is 13.7. The van der Waals surface area contributed by atoms with Crippen LogP contribution in [-0.4, -0.2) is 5.78 Å². The van der Waals surface area contributed by atoms with Crippen molar-refractivity contribution in [1.29, 1.82) is 0 Å². The Balaban J connectivity index is 1.79. The first-order chi connectivity index (χ1) is 11.6. The molecule has 0 saturated carbocycles. The molecule has 0 radical (unpaired) electrons. The monoisotopic (exact) mass is 362 g/mol. The van der Waals surface area contributed by atoms with E-state index in [0.717, 1.165) is 24.3 Å². The minimum absolute atomic E-state index is 0.170. The van der Waals surface area contributed by atoms with Gasteiger partial charge in [0.25, 0.3) is 0 Å². The fourth-order valence-electron chi connectivity index (χ4n) is 3.29. The highest BCUT2D eigenvalue weighted by Gasteiger charge is 2.42. The lowest BCUT2D eigenvalue weighted by atomic mass is 9.84. The van der Waals surface area contributed by atoms with E-state index in [1.807, 2.05) is 24.3 Å². The summed E-state index contributed by atoms with van der Waals surface area (Å²) in [6, 6.07) is 12.3. The Labute approximate surface area is 152 Å². The Bertz CT molecular complexity index is 671. The van der Waals surface area contributed by atoms with Gasteiger partial charge < -0.3 is 0 Å². The number of rotatable bonds is 7. The third-order valence-corrected chi connectivity index (χ3v) is 5.94. The van der Waals surface area contributed by atoms with Crippen molar-refractivity contribution in [3.63, 3.8) is 0 Å². The number of hydrogen-bond acceptors (Lipinski definition) is 4. The van der Waals surface area contributed by atoms with Gasteiger partial charge in [-0.05, 0) is 42.0 Å². The largest absolute Gasteiger partial charge is 0.300 e. The summed E-state index contributed by atoms with van der Waals surface area (Å²) in [6.07, 6.45) is 4.07. The van der Waals surface area contributed by atoms with Gasteiger partial charge in [-0.3, -0.25) is 4.79 Å². The van der Waals surface area contributed by atoms with Gasteiger partial charge in [0.15, 0.2) is 0 Å². The minimum atomic E-state index is -0.316. The number of carbonyl (C=O) groups is 1. The van der Waals surface area contributed by atoms with Crippen molar-refractivity contribution in [3.8, 4) is 0 Å². The highest BCUT2D eigenvalue weighted by Crippen LogP contribution is 2.41. The van der Waals surface area contributed by atoms with Crippen LogP contribution in [0.4, 0.5) is 0 Å². The third kappa shape index (κ3) is 3.89. The molecular formula is C19H23ClN2OS. The number of unbranched alkanes of at least 4 members (excludes halogenated alkanes) is 1. The van der Waals surface area contributed by atoms with Gasteiger partial charge in [0, 0.05) is 28.8 Å². The molecule has 1 aromatic heterocycles. The molecule has 5 heteroatoms. The van der Waals surface area contributed by atoms with Crippen LogP contribution >= 0.6 is 22.9 Å². The summed E-state index contributed by atoms with van der Waals surface area (Å²) in [5, 5.41) is 2.81. The Morgan fingerprint density at radius 2 is 2.12 bits per heavy atom. The highest BCUT2D eigenvalue weighted by atomic mass is 35.5. The van der Waals surface area contributed by atoms with Crippen molar-refractivity contribution in [3.05, 3.63) is 57.2 Å². The lowest BCUT2D eigenvalue weighted by Crippen LogP contribution is -2.42. The molecule has 3 rings (SSSR count). The van der Waals surface area contributed by atoms with Gasteiger partial charge in [-0.2, -0.15) is 0 Å². The normalized spacial score (nSPS) is 23.5. The van der Waals surface area contributed by atoms with Gasteiger partial charge in [-0.1, -0.05) is 43.1 Å². The molecule has 2 heterocycles. The second-order valence-corrected chi connectivity index (χ2v) is 7.84. The first-order valence-corrected chi connectivity index (χ1v) is 9.72. The summed E-state index contributed by atoms with van der Waals surface area (Å²) < 4.78 is 0. The summed E-state index contributed by atoms with van der Waals surface area (Å²) in [7, 11) is 0. The Morgan fingerprint density at radius 3 is 2.79 bits per heavy atom. The SMILES string of the molecule is CCCCC(=O)CC1(c2cccs2)CC(c2ccc(Cl)cc2)NN1. The molecule has 1 aliphatic rings. The van der Waals surface area contributed by atoms with Crippen molar-refractivity contribution in [2.45, 2.75) is 50.6 Å². The van der Waals surface area contributed by atoms with Crippen molar-refractivity contribution < 1.29 is 4.79 Å². The molecule has 1 aliphatic heterocycles. The molecule has 0 aliphatic carbocycles. The second-order valence-electron chi connectivity index (χ2n) is 6.46. The fraction of sp³-hybridized carbons (Fsp3) is 0.421. The van der Waals surface area contributed by atoms with E-state index in [1.54, 1.807) is 11.3 Å². The average Bonchev–Trinajstić information content (AvgIpc) is 3.24. The van der Waals surface area contributed by atoms with Crippen LogP contribution in [0, 0.1) is 0 Å². The zero-order valence-electron chi connectivity index (χ0n) is 13.8. The Hall–Kier alpha value is -1.20. The van der Waals surface area contributed by atoms with Gasteiger partial charge in [0.05, 0.1) is 5.54 Å². The number of halogens is 1. The van der Waals surface area contributed by atoms with E-state index < -0.39 is 0 Å². The Kier molecular flexibility index (Phi) is 5.72. The first-order valence-electron chi connectivity index (χ1n) is 8.47. The van der Waals surface area contributed by atoms with Crippen LogP contribution in [0.1, 0.15) is 55.5 Å². The van der Waals surface area contributed by atoms with Crippen LogP contribution in [0.2, 0.25) is 5.02 Å². The van der Waals surface area contributed by atoms with E-state index in [-0.39, 0.29) is 11.6 Å². The fourth-order valence-corrected chi connectivity index (χ4v) is 4.31. The van der Waals surface area contributed by atoms with Crippen molar-refractivity contribution >= 4 is 28.7 Å². The molecule has 2 unspecified atom stereocenters. The van der Waals surface area contributed by atoms with Crippen molar-refractivity contribution in [1.82, 2.24) is 10.9 Å². The number of nitrogens with one attached hydrogen (secondary N) is 2. The number of Topliss-reactive ketones (excluding diaryl/α,β-unsaturated/α-hetero) is 1. The summed E-state index contributed by atoms with van der Waals surface area (Å²) >= 11 is 7.70. The lowest BCUT2D eigenvalue weighted by molar-refractivity contribution is -0.120. The first kappa shape index (κ1) is 17.6. The van der Waals surface area contributed by atoms with Gasteiger partial charge in [-0.25, -0.2) is 10.9 Å². The van der Waals surface area contributed by atoms with Crippen LogP contribution < -0.4 is 10.9 Å². The predicted octanol–water partition coefficient (Wildman–Crippen LogP) is 4.99. The van der Waals surface area contributed by atoms with Gasteiger partial charge >= 0.3 is 0 Å². The summed E-state index contributed by atoms with van der Waals surface area (Å²) in [5.74, 6) is 0.330. The summed E-state index contributed by atoms with van der Waals surface area (Å²) in [5.41, 5.74) is 7.71. The maximum absolute atomic E-state index is 12.5. The molecule has 2 N–H and O–H groups in total. The molecule has 128 valence electrons. The van der Waals surface area contributed by atoms with Crippen molar-refractivity contribution in [2.75, 3.05) is 0 Å². The van der Waals surface area contributed by atoms with Crippen molar-refractivity contribution in [2.24, 2.45) is 0 Å². The van der Waals surface area contributed by atoms with E-state index in [4.69, 9.17) is 11.6 Å². The smallest absolute Gasteiger partial charge is 0.135 e. The lowest BCUT2D eigenvalue weighted by Gasteiger charge is -2.27. The number of hydrazine groups is 1. The molecule has 0 spiro atoms. The van der Waals surface area contributed by atoms with Crippen LogP contribution in [-0.2, 0) is 10.3 Å². The van der Waals surface area contributed by atoms with E-state index in [2.05, 4.69) is 35.3 Å². The van der Waals surface area contributed by atoms with E-state index in [0.29, 0.717) is 18.6 Å². The molecule has 0 amide bonds. The van der Waals surface area contributed by atoms with E-state index >= 15 is 0 Å². The van der Waals surface area contributed by atoms with Crippen LogP contribution in [0.3, 0.4) is 0 Å². The molecular weight excluding hydrogens is 340 g/mol. The standard InChI is InChI=1S/C19H23ClN2OS/c1-2-3-5-16(23)12-19(18-6-4-11-24-18)13-17(21-22-19)14-7-9-15(20)10-8-14/h4,6-11,17,21-22H,2-3,5,12-13H2,1H3. The summed E-state index contributed by atoms with van der Waals surface area (Å²) in [6.45, 7) is 2.12. The molecule has 3 nitrogen and oxygen atoms in total. The minimum Gasteiger partial charge on any atom is -0.300 e. The van der Waals surface area contributed by atoms with Crippen LogP contribution in [0.5, 0.6) is 0 Å². The highest BCUT2D eigenvalue weighted by molar-refractivity contribution is 7.10. The molecule has 2 aromatic rings. The number of carbonyl (C=O) groups excluding carboxylic acids is 1. The maximum Gasteiger partial charge on any atom is 0.135 e. The Morgan fingerprint density at radius 1 is 1.33 bits per heavy atom. The number of thiophene rings is 1. The molecule has 1 aromatic carbocycles. The molecule has 1 fully saturated rings. The molecule has 2 atom stereocenters.